The summed E-state index contributed by atoms with van der Waals surface area (Å²) in [6.45, 7) is 10.7. The van der Waals surface area contributed by atoms with Crippen LogP contribution in [-0.2, 0) is 0 Å². The van der Waals surface area contributed by atoms with E-state index in [9.17, 15) is 0 Å². The zero-order chi connectivity index (χ0) is 13.4. The van der Waals surface area contributed by atoms with Crippen molar-refractivity contribution in [3.8, 4) is 0 Å². The minimum atomic E-state index is 0.566. The lowest BCUT2D eigenvalue weighted by Crippen LogP contribution is -2.36. The van der Waals surface area contributed by atoms with Gasteiger partial charge in [-0.2, -0.15) is 0 Å². The Labute approximate surface area is 115 Å². The number of hydrogen-bond donors (Lipinski definition) is 1. The Morgan fingerprint density at radius 3 is 2.22 bits per heavy atom. The van der Waals surface area contributed by atoms with E-state index >= 15 is 0 Å². The van der Waals surface area contributed by atoms with Crippen molar-refractivity contribution in [1.29, 1.82) is 0 Å². The Balaban J connectivity index is 2.45. The first-order valence-electron chi connectivity index (χ1n) is 8.43. The van der Waals surface area contributed by atoms with E-state index in [2.05, 4.69) is 33.0 Å². The van der Waals surface area contributed by atoms with Crippen LogP contribution in [0.4, 0.5) is 0 Å². The van der Waals surface area contributed by atoms with Crippen LogP contribution in [0.2, 0.25) is 0 Å². The maximum absolute atomic E-state index is 3.78. The second-order valence-electron chi connectivity index (χ2n) is 6.48. The molecule has 1 rings (SSSR count). The Bertz CT molecular complexity index is 204. The van der Waals surface area contributed by atoms with Gasteiger partial charge in [-0.15, -0.1) is 0 Å². The molecule has 1 saturated carbocycles. The molecule has 0 spiro atoms. The highest BCUT2D eigenvalue weighted by molar-refractivity contribution is 4.87. The first-order valence-corrected chi connectivity index (χ1v) is 8.43. The van der Waals surface area contributed by atoms with Crippen LogP contribution < -0.4 is 5.32 Å². The van der Waals surface area contributed by atoms with Gasteiger partial charge in [-0.05, 0) is 43.4 Å². The molecular formula is C17H35N. The van der Waals surface area contributed by atoms with E-state index in [4.69, 9.17) is 0 Å². The molecule has 1 N–H and O–H groups in total. The van der Waals surface area contributed by atoms with E-state index in [1.807, 2.05) is 0 Å². The summed E-state index contributed by atoms with van der Waals surface area (Å²) in [6.07, 6.45) is 12.5. The average Bonchev–Trinajstić information content (AvgIpc) is 3.23. The maximum atomic E-state index is 3.78. The highest BCUT2D eigenvalue weighted by atomic mass is 15.0. The lowest BCUT2D eigenvalue weighted by Gasteiger charge is -2.36. The summed E-state index contributed by atoms with van der Waals surface area (Å²) in [5, 5.41) is 3.78. The average molecular weight is 253 g/mol. The minimum absolute atomic E-state index is 0.566. The second-order valence-corrected chi connectivity index (χ2v) is 6.48. The van der Waals surface area contributed by atoms with E-state index < -0.39 is 0 Å². The van der Waals surface area contributed by atoms with Gasteiger partial charge in [0.2, 0.25) is 0 Å². The van der Waals surface area contributed by atoms with E-state index in [1.54, 1.807) is 0 Å². The molecule has 1 aliphatic carbocycles. The zero-order valence-electron chi connectivity index (χ0n) is 13.2. The van der Waals surface area contributed by atoms with Crippen LogP contribution in [0.15, 0.2) is 0 Å². The van der Waals surface area contributed by atoms with Gasteiger partial charge >= 0.3 is 0 Å². The highest BCUT2D eigenvalue weighted by Gasteiger charge is 2.31. The molecule has 1 unspecified atom stereocenters. The molecule has 1 heteroatoms. The van der Waals surface area contributed by atoms with Gasteiger partial charge in [0, 0.05) is 12.6 Å². The molecule has 0 heterocycles. The predicted molar refractivity (Wildman–Crippen MR) is 82.0 cm³/mol. The van der Waals surface area contributed by atoms with Crippen LogP contribution in [0.3, 0.4) is 0 Å². The first kappa shape index (κ1) is 16.0. The van der Waals surface area contributed by atoms with Crippen LogP contribution in [0.5, 0.6) is 0 Å². The van der Waals surface area contributed by atoms with Crippen molar-refractivity contribution in [3.05, 3.63) is 0 Å². The second kappa shape index (κ2) is 8.19. The lowest BCUT2D eigenvalue weighted by molar-refractivity contribution is 0.176. The van der Waals surface area contributed by atoms with Crippen LogP contribution in [0.1, 0.15) is 85.5 Å². The third-order valence-electron chi connectivity index (χ3n) is 5.11. The van der Waals surface area contributed by atoms with Gasteiger partial charge in [0.05, 0.1) is 0 Å². The van der Waals surface area contributed by atoms with Crippen LogP contribution in [0, 0.1) is 11.3 Å². The third kappa shape index (κ3) is 5.30. The fraction of sp³-hybridized carbons (Fsp3) is 1.00. The monoisotopic (exact) mass is 253 g/mol. The summed E-state index contributed by atoms with van der Waals surface area (Å²) in [5.41, 5.74) is 0.566. The van der Waals surface area contributed by atoms with E-state index in [-0.39, 0.29) is 0 Å². The molecule has 0 aromatic heterocycles. The summed E-state index contributed by atoms with van der Waals surface area (Å²) in [7, 11) is 0. The fourth-order valence-corrected chi connectivity index (χ4v) is 3.06. The molecule has 18 heavy (non-hydrogen) atoms. The molecule has 0 aromatic carbocycles. The van der Waals surface area contributed by atoms with Gasteiger partial charge in [-0.3, -0.25) is 0 Å². The smallest absolute Gasteiger partial charge is 0.00684 e. The Morgan fingerprint density at radius 2 is 1.78 bits per heavy atom. The molecule has 108 valence electrons. The Hall–Kier alpha value is -0.0400. The fourth-order valence-electron chi connectivity index (χ4n) is 3.06. The predicted octanol–water partition coefficient (Wildman–Crippen LogP) is 5.15. The van der Waals surface area contributed by atoms with Crippen LogP contribution in [-0.4, -0.2) is 12.6 Å². The standard InChI is InChI=1S/C17H35N/c1-5-9-10-15(6-2)13-17(7-3,8-4)14-18-16-11-12-16/h15-16,18H,5-14H2,1-4H3. The highest BCUT2D eigenvalue weighted by Crippen LogP contribution is 2.37. The largest absolute Gasteiger partial charge is 0.313 e. The summed E-state index contributed by atoms with van der Waals surface area (Å²) in [4.78, 5) is 0. The van der Waals surface area contributed by atoms with Gasteiger partial charge in [-0.25, -0.2) is 0 Å². The zero-order valence-corrected chi connectivity index (χ0v) is 13.2. The SMILES string of the molecule is CCCCC(CC)CC(CC)(CC)CNC1CC1. The van der Waals surface area contributed by atoms with Crippen molar-refractivity contribution in [1.82, 2.24) is 5.32 Å². The number of unbranched alkanes of at least 4 members (excludes halogenated alkanes) is 1. The normalized spacial score (nSPS) is 18.0. The minimum Gasteiger partial charge on any atom is -0.313 e. The van der Waals surface area contributed by atoms with Crippen molar-refractivity contribution in [2.45, 2.75) is 91.5 Å². The van der Waals surface area contributed by atoms with Gasteiger partial charge in [0.1, 0.15) is 0 Å². The van der Waals surface area contributed by atoms with E-state index in [0.717, 1.165) is 12.0 Å². The van der Waals surface area contributed by atoms with Gasteiger partial charge in [0.15, 0.2) is 0 Å². The molecule has 0 radical (unpaired) electrons. The molecule has 1 atom stereocenters. The van der Waals surface area contributed by atoms with Crippen molar-refractivity contribution < 1.29 is 0 Å². The van der Waals surface area contributed by atoms with Crippen molar-refractivity contribution in [2.24, 2.45) is 11.3 Å². The molecule has 0 saturated heterocycles. The van der Waals surface area contributed by atoms with Gasteiger partial charge < -0.3 is 5.32 Å². The lowest BCUT2D eigenvalue weighted by atomic mass is 9.73. The molecule has 1 fully saturated rings. The first-order chi connectivity index (χ1) is 8.69. The number of hydrogen-bond acceptors (Lipinski definition) is 1. The summed E-state index contributed by atoms with van der Waals surface area (Å²) < 4.78 is 0. The van der Waals surface area contributed by atoms with Gasteiger partial charge in [-0.1, -0.05) is 53.4 Å². The van der Waals surface area contributed by atoms with Gasteiger partial charge in [0.25, 0.3) is 0 Å². The quantitative estimate of drug-likeness (QED) is 0.537. The van der Waals surface area contributed by atoms with Crippen molar-refractivity contribution >= 4 is 0 Å². The summed E-state index contributed by atoms with van der Waals surface area (Å²) in [6, 6.07) is 0.859. The molecule has 0 amide bonds. The van der Waals surface area contributed by atoms with E-state index in [0.29, 0.717) is 5.41 Å². The number of nitrogens with one attached hydrogen (secondary N) is 1. The third-order valence-corrected chi connectivity index (χ3v) is 5.11. The molecule has 0 aromatic rings. The maximum Gasteiger partial charge on any atom is 0.00684 e. The topological polar surface area (TPSA) is 12.0 Å². The molecule has 1 aliphatic rings. The summed E-state index contributed by atoms with van der Waals surface area (Å²) >= 11 is 0. The Morgan fingerprint density at radius 1 is 1.11 bits per heavy atom. The molecule has 0 aliphatic heterocycles. The van der Waals surface area contributed by atoms with Crippen LogP contribution >= 0.6 is 0 Å². The van der Waals surface area contributed by atoms with Crippen LogP contribution in [0.25, 0.3) is 0 Å². The molecular weight excluding hydrogens is 218 g/mol. The molecule has 1 nitrogen and oxygen atoms in total. The van der Waals surface area contributed by atoms with Crippen molar-refractivity contribution in [2.75, 3.05) is 6.54 Å². The Kier molecular flexibility index (Phi) is 7.29. The molecule has 0 bridgehead atoms. The van der Waals surface area contributed by atoms with E-state index in [1.165, 1.54) is 64.3 Å². The number of rotatable bonds is 11. The van der Waals surface area contributed by atoms with Crippen molar-refractivity contribution in [3.63, 3.8) is 0 Å². The summed E-state index contributed by atoms with van der Waals surface area (Å²) in [5.74, 6) is 0.950.